The van der Waals surface area contributed by atoms with Crippen LogP contribution in [-0.4, -0.2) is 13.7 Å². The van der Waals surface area contributed by atoms with Crippen LogP contribution in [0, 0.1) is 0 Å². The SMILES string of the molecule is CCOc1cccc(N)c1OC. The van der Waals surface area contributed by atoms with Gasteiger partial charge in [0, 0.05) is 0 Å². The Hall–Kier alpha value is -1.38. The summed E-state index contributed by atoms with van der Waals surface area (Å²) in [6.07, 6.45) is 0. The standard InChI is InChI=1S/C9H13NO2/c1-3-12-8-6-4-5-7(10)9(8)11-2/h4-6H,3,10H2,1-2H3. The van der Waals surface area contributed by atoms with Crippen molar-refractivity contribution in [1.82, 2.24) is 0 Å². The van der Waals surface area contributed by atoms with Gasteiger partial charge < -0.3 is 15.2 Å². The third-order valence-electron chi connectivity index (χ3n) is 1.51. The van der Waals surface area contributed by atoms with Crippen molar-refractivity contribution in [2.45, 2.75) is 6.92 Å². The van der Waals surface area contributed by atoms with Gasteiger partial charge in [0.25, 0.3) is 0 Å². The molecule has 0 unspecified atom stereocenters. The van der Waals surface area contributed by atoms with Crippen LogP contribution in [0.3, 0.4) is 0 Å². The van der Waals surface area contributed by atoms with Crippen LogP contribution < -0.4 is 15.2 Å². The summed E-state index contributed by atoms with van der Waals surface area (Å²) < 4.78 is 10.4. The number of ether oxygens (including phenoxy) is 2. The smallest absolute Gasteiger partial charge is 0.183 e. The van der Waals surface area contributed by atoms with E-state index in [0.717, 1.165) is 0 Å². The Labute approximate surface area is 72.1 Å². The van der Waals surface area contributed by atoms with Gasteiger partial charge in [-0.3, -0.25) is 0 Å². The second-order valence-corrected chi connectivity index (χ2v) is 2.31. The van der Waals surface area contributed by atoms with E-state index >= 15 is 0 Å². The summed E-state index contributed by atoms with van der Waals surface area (Å²) in [5.41, 5.74) is 6.26. The van der Waals surface area contributed by atoms with Gasteiger partial charge in [-0.2, -0.15) is 0 Å². The van der Waals surface area contributed by atoms with Crippen LogP contribution in [0.2, 0.25) is 0 Å². The summed E-state index contributed by atoms with van der Waals surface area (Å²) in [5, 5.41) is 0. The Morgan fingerprint density at radius 3 is 2.75 bits per heavy atom. The zero-order valence-corrected chi connectivity index (χ0v) is 7.33. The number of nitrogen functional groups attached to an aromatic ring is 1. The lowest BCUT2D eigenvalue weighted by atomic mass is 10.3. The van der Waals surface area contributed by atoms with Crippen molar-refractivity contribution in [2.75, 3.05) is 19.5 Å². The zero-order valence-electron chi connectivity index (χ0n) is 7.33. The van der Waals surface area contributed by atoms with E-state index in [1.807, 2.05) is 19.1 Å². The molecule has 0 aliphatic rings. The van der Waals surface area contributed by atoms with Crippen LogP contribution in [0.15, 0.2) is 18.2 Å². The lowest BCUT2D eigenvalue weighted by molar-refractivity contribution is 0.312. The molecule has 0 saturated carbocycles. The van der Waals surface area contributed by atoms with Gasteiger partial charge in [-0.25, -0.2) is 0 Å². The summed E-state index contributed by atoms with van der Waals surface area (Å²) in [4.78, 5) is 0. The predicted octanol–water partition coefficient (Wildman–Crippen LogP) is 1.68. The summed E-state index contributed by atoms with van der Waals surface area (Å²) in [7, 11) is 1.58. The van der Waals surface area contributed by atoms with Crippen LogP contribution in [-0.2, 0) is 0 Å². The number of rotatable bonds is 3. The van der Waals surface area contributed by atoms with E-state index in [1.54, 1.807) is 13.2 Å². The Morgan fingerprint density at radius 1 is 1.42 bits per heavy atom. The normalized spacial score (nSPS) is 9.50. The van der Waals surface area contributed by atoms with Crippen molar-refractivity contribution in [3.8, 4) is 11.5 Å². The van der Waals surface area contributed by atoms with Crippen molar-refractivity contribution in [3.63, 3.8) is 0 Å². The van der Waals surface area contributed by atoms with Crippen molar-refractivity contribution in [3.05, 3.63) is 18.2 Å². The molecule has 3 heteroatoms. The molecule has 66 valence electrons. The number of hydrogen-bond donors (Lipinski definition) is 1. The first-order valence-electron chi connectivity index (χ1n) is 3.84. The molecule has 0 fully saturated rings. The fourth-order valence-electron chi connectivity index (χ4n) is 1.02. The number of hydrogen-bond acceptors (Lipinski definition) is 3. The van der Waals surface area contributed by atoms with Gasteiger partial charge in [0.1, 0.15) is 0 Å². The monoisotopic (exact) mass is 167 g/mol. The Kier molecular flexibility index (Phi) is 2.80. The third-order valence-corrected chi connectivity index (χ3v) is 1.51. The minimum absolute atomic E-state index is 0.600. The molecule has 0 heterocycles. The van der Waals surface area contributed by atoms with Gasteiger partial charge in [0.2, 0.25) is 0 Å². The molecule has 0 spiro atoms. The minimum atomic E-state index is 0.600. The van der Waals surface area contributed by atoms with Crippen molar-refractivity contribution >= 4 is 5.69 Å². The van der Waals surface area contributed by atoms with E-state index < -0.39 is 0 Å². The third kappa shape index (κ3) is 1.61. The number of para-hydroxylation sites is 1. The number of anilines is 1. The highest BCUT2D eigenvalue weighted by molar-refractivity contribution is 5.59. The van der Waals surface area contributed by atoms with Gasteiger partial charge in [-0.1, -0.05) is 6.07 Å². The lowest BCUT2D eigenvalue weighted by Crippen LogP contribution is -1.98. The van der Waals surface area contributed by atoms with Gasteiger partial charge >= 0.3 is 0 Å². The maximum Gasteiger partial charge on any atom is 0.183 e. The zero-order chi connectivity index (χ0) is 8.97. The summed E-state index contributed by atoms with van der Waals surface area (Å²) in [6.45, 7) is 2.53. The molecule has 1 rings (SSSR count). The average Bonchev–Trinajstić information content (AvgIpc) is 2.05. The fourth-order valence-corrected chi connectivity index (χ4v) is 1.02. The van der Waals surface area contributed by atoms with E-state index in [2.05, 4.69) is 0 Å². The first kappa shape index (κ1) is 8.71. The molecule has 0 amide bonds. The number of nitrogens with two attached hydrogens (primary N) is 1. The van der Waals surface area contributed by atoms with Gasteiger partial charge in [-0.15, -0.1) is 0 Å². The van der Waals surface area contributed by atoms with Gasteiger partial charge in [-0.05, 0) is 19.1 Å². The molecular weight excluding hydrogens is 154 g/mol. The Bertz CT molecular complexity index is 261. The van der Waals surface area contributed by atoms with Crippen LogP contribution in [0.4, 0.5) is 5.69 Å². The predicted molar refractivity (Wildman–Crippen MR) is 48.6 cm³/mol. The molecule has 12 heavy (non-hydrogen) atoms. The van der Waals surface area contributed by atoms with E-state index in [0.29, 0.717) is 23.8 Å². The molecule has 0 aromatic heterocycles. The second-order valence-electron chi connectivity index (χ2n) is 2.31. The molecule has 0 saturated heterocycles. The molecule has 0 bridgehead atoms. The highest BCUT2D eigenvalue weighted by Crippen LogP contribution is 2.32. The van der Waals surface area contributed by atoms with Crippen LogP contribution >= 0.6 is 0 Å². The van der Waals surface area contributed by atoms with Crippen LogP contribution in [0.25, 0.3) is 0 Å². The van der Waals surface area contributed by atoms with E-state index in [4.69, 9.17) is 15.2 Å². The minimum Gasteiger partial charge on any atom is -0.491 e. The molecule has 0 radical (unpaired) electrons. The van der Waals surface area contributed by atoms with Gasteiger partial charge in [0.15, 0.2) is 11.5 Å². The molecule has 3 nitrogen and oxygen atoms in total. The quantitative estimate of drug-likeness (QED) is 0.696. The lowest BCUT2D eigenvalue weighted by Gasteiger charge is -2.10. The Morgan fingerprint density at radius 2 is 2.17 bits per heavy atom. The van der Waals surface area contributed by atoms with Crippen LogP contribution in [0.5, 0.6) is 11.5 Å². The summed E-state index contributed by atoms with van der Waals surface area (Å²) >= 11 is 0. The Balaban J connectivity index is 3.00. The molecule has 0 aliphatic heterocycles. The first-order valence-corrected chi connectivity index (χ1v) is 3.84. The molecule has 1 aromatic carbocycles. The van der Waals surface area contributed by atoms with Crippen molar-refractivity contribution in [2.24, 2.45) is 0 Å². The largest absolute Gasteiger partial charge is 0.491 e. The van der Waals surface area contributed by atoms with Crippen molar-refractivity contribution in [1.29, 1.82) is 0 Å². The van der Waals surface area contributed by atoms with Crippen molar-refractivity contribution < 1.29 is 9.47 Å². The maximum atomic E-state index is 5.66. The highest BCUT2D eigenvalue weighted by Gasteiger charge is 2.05. The number of methoxy groups -OCH3 is 1. The molecule has 0 atom stereocenters. The number of benzene rings is 1. The van der Waals surface area contributed by atoms with E-state index in [-0.39, 0.29) is 0 Å². The topological polar surface area (TPSA) is 44.5 Å². The summed E-state index contributed by atoms with van der Waals surface area (Å²) in [6, 6.07) is 5.45. The molecule has 1 aromatic rings. The highest BCUT2D eigenvalue weighted by atomic mass is 16.5. The molecule has 2 N–H and O–H groups in total. The molecular formula is C9H13NO2. The van der Waals surface area contributed by atoms with E-state index in [1.165, 1.54) is 0 Å². The van der Waals surface area contributed by atoms with Crippen LogP contribution in [0.1, 0.15) is 6.92 Å². The maximum absolute atomic E-state index is 5.66. The van der Waals surface area contributed by atoms with E-state index in [9.17, 15) is 0 Å². The average molecular weight is 167 g/mol. The fraction of sp³-hybridized carbons (Fsp3) is 0.333. The first-order chi connectivity index (χ1) is 5.79. The second kappa shape index (κ2) is 3.85. The summed E-state index contributed by atoms with van der Waals surface area (Å²) in [5.74, 6) is 1.30. The van der Waals surface area contributed by atoms with Gasteiger partial charge in [0.05, 0.1) is 19.4 Å². The molecule has 0 aliphatic carbocycles.